The lowest BCUT2D eigenvalue weighted by molar-refractivity contribution is 0.284. The molecule has 0 saturated heterocycles. The van der Waals surface area contributed by atoms with Crippen molar-refractivity contribution >= 4 is 0 Å². The van der Waals surface area contributed by atoms with Crippen molar-refractivity contribution in [3.05, 3.63) is 35.5 Å². The van der Waals surface area contributed by atoms with Crippen molar-refractivity contribution in [1.82, 2.24) is 10.1 Å². The average molecular weight is 263 g/mol. The zero-order valence-electron chi connectivity index (χ0n) is 11.4. The first-order valence-electron chi connectivity index (χ1n) is 6.33. The van der Waals surface area contributed by atoms with Gasteiger partial charge in [0.15, 0.2) is 0 Å². The van der Waals surface area contributed by atoms with E-state index in [-0.39, 0.29) is 5.82 Å². The summed E-state index contributed by atoms with van der Waals surface area (Å²) in [6.45, 7) is 5.61. The van der Waals surface area contributed by atoms with Crippen molar-refractivity contribution in [2.45, 2.75) is 39.2 Å². The molecule has 0 amide bonds. The number of nitrogens with zero attached hydrogens (tertiary/aromatic N) is 2. The Balaban J connectivity index is 2.33. The van der Waals surface area contributed by atoms with Gasteiger partial charge in [-0.05, 0) is 44.0 Å². The van der Waals surface area contributed by atoms with Crippen LogP contribution < -0.4 is 5.73 Å². The van der Waals surface area contributed by atoms with Crippen molar-refractivity contribution in [1.29, 1.82) is 0 Å². The topological polar surface area (TPSA) is 64.9 Å². The van der Waals surface area contributed by atoms with Crippen LogP contribution >= 0.6 is 0 Å². The third-order valence-electron chi connectivity index (χ3n) is 3.10. The monoisotopic (exact) mass is 263 g/mol. The smallest absolute Gasteiger partial charge is 0.246 e. The summed E-state index contributed by atoms with van der Waals surface area (Å²) in [5, 5.41) is 3.92. The van der Waals surface area contributed by atoms with E-state index in [0.29, 0.717) is 17.3 Å². The molecule has 1 aromatic heterocycles. The second-order valence-electron chi connectivity index (χ2n) is 5.05. The Kier molecular flexibility index (Phi) is 3.66. The number of hydrogen-bond acceptors (Lipinski definition) is 4. The van der Waals surface area contributed by atoms with Gasteiger partial charge in [-0.25, -0.2) is 4.39 Å². The molecular weight excluding hydrogens is 245 g/mol. The number of benzene rings is 1. The van der Waals surface area contributed by atoms with Gasteiger partial charge in [0.2, 0.25) is 11.7 Å². The van der Waals surface area contributed by atoms with Crippen LogP contribution in [0.1, 0.15) is 38.1 Å². The fraction of sp³-hybridized carbons (Fsp3) is 0.429. The summed E-state index contributed by atoms with van der Waals surface area (Å²) >= 11 is 0. The summed E-state index contributed by atoms with van der Waals surface area (Å²) in [4.78, 5) is 4.32. The van der Waals surface area contributed by atoms with Crippen LogP contribution in [-0.2, 0) is 5.54 Å². The molecule has 0 radical (unpaired) electrons. The third kappa shape index (κ3) is 2.81. The SMILES string of the molecule is CCCC(C)(N)c1nc(-c2ccc(F)c(C)c2)no1. The molecule has 2 rings (SSSR count). The van der Waals surface area contributed by atoms with E-state index in [9.17, 15) is 4.39 Å². The number of aryl methyl sites for hydroxylation is 1. The zero-order chi connectivity index (χ0) is 14.0. The lowest BCUT2D eigenvalue weighted by Crippen LogP contribution is -2.33. The van der Waals surface area contributed by atoms with Crippen molar-refractivity contribution in [3.63, 3.8) is 0 Å². The number of nitrogens with two attached hydrogens (primary N) is 1. The molecule has 19 heavy (non-hydrogen) atoms. The molecule has 2 aromatic rings. The molecule has 1 aromatic carbocycles. The van der Waals surface area contributed by atoms with Gasteiger partial charge in [0, 0.05) is 5.56 Å². The predicted molar refractivity (Wildman–Crippen MR) is 70.9 cm³/mol. The van der Waals surface area contributed by atoms with Crippen LogP contribution in [0.25, 0.3) is 11.4 Å². The fourth-order valence-corrected chi connectivity index (χ4v) is 1.98. The quantitative estimate of drug-likeness (QED) is 0.920. The van der Waals surface area contributed by atoms with E-state index in [4.69, 9.17) is 10.3 Å². The molecule has 0 aliphatic rings. The van der Waals surface area contributed by atoms with Crippen molar-refractivity contribution in [2.75, 3.05) is 0 Å². The van der Waals surface area contributed by atoms with Crippen molar-refractivity contribution < 1.29 is 8.91 Å². The fourth-order valence-electron chi connectivity index (χ4n) is 1.98. The first-order valence-corrected chi connectivity index (χ1v) is 6.33. The Morgan fingerprint density at radius 3 is 2.79 bits per heavy atom. The van der Waals surface area contributed by atoms with Crippen LogP contribution in [0.3, 0.4) is 0 Å². The summed E-state index contributed by atoms with van der Waals surface area (Å²) in [5.41, 5.74) is 6.78. The van der Waals surface area contributed by atoms with Gasteiger partial charge in [-0.2, -0.15) is 4.98 Å². The van der Waals surface area contributed by atoms with Gasteiger partial charge in [-0.15, -0.1) is 0 Å². The minimum atomic E-state index is -0.630. The van der Waals surface area contributed by atoms with Crippen LogP contribution in [-0.4, -0.2) is 10.1 Å². The lowest BCUT2D eigenvalue weighted by Gasteiger charge is -2.18. The summed E-state index contributed by atoms with van der Waals surface area (Å²) in [7, 11) is 0. The Bertz CT molecular complexity index is 578. The maximum Gasteiger partial charge on any atom is 0.246 e. The maximum absolute atomic E-state index is 13.2. The Labute approximate surface area is 111 Å². The predicted octanol–water partition coefficient (Wildman–Crippen LogP) is 3.16. The van der Waals surface area contributed by atoms with Crippen LogP contribution in [0.4, 0.5) is 4.39 Å². The summed E-state index contributed by atoms with van der Waals surface area (Å²) in [6.07, 6.45) is 1.69. The van der Waals surface area contributed by atoms with E-state index < -0.39 is 5.54 Å². The van der Waals surface area contributed by atoms with Gasteiger partial charge in [0.25, 0.3) is 0 Å². The number of aromatic nitrogens is 2. The first kappa shape index (κ1) is 13.7. The van der Waals surface area contributed by atoms with Crippen LogP contribution in [0.2, 0.25) is 0 Å². The maximum atomic E-state index is 13.2. The van der Waals surface area contributed by atoms with Crippen LogP contribution in [0.15, 0.2) is 22.7 Å². The molecule has 1 unspecified atom stereocenters. The molecule has 102 valence electrons. The molecule has 0 spiro atoms. The number of hydrogen-bond donors (Lipinski definition) is 1. The lowest BCUT2D eigenvalue weighted by atomic mass is 9.98. The highest BCUT2D eigenvalue weighted by Crippen LogP contribution is 2.25. The van der Waals surface area contributed by atoms with E-state index >= 15 is 0 Å². The van der Waals surface area contributed by atoms with E-state index in [0.717, 1.165) is 18.4 Å². The largest absolute Gasteiger partial charge is 0.337 e. The molecule has 0 fully saturated rings. The summed E-state index contributed by atoms with van der Waals surface area (Å²) in [6, 6.07) is 4.72. The molecule has 4 nitrogen and oxygen atoms in total. The second-order valence-corrected chi connectivity index (χ2v) is 5.05. The summed E-state index contributed by atoms with van der Waals surface area (Å²) in [5.74, 6) is 0.597. The third-order valence-corrected chi connectivity index (χ3v) is 3.10. The average Bonchev–Trinajstić information content (AvgIpc) is 2.83. The van der Waals surface area contributed by atoms with E-state index in [1.165, 1.54) is 6.07 Å². The highest BCUT2D eigenvalue weighted by Gasteiger charge is 2.27. The molecule has 1 heterocycles. The Hall–Kier alpha value is -1.75. The van der Waals surface area contributed by atoms with Gasteiger partial charge >= 0.3 is 0 Å². The summed E-state index contributed by atoms with van der Waals surface area (Å²) < 4.78 is 18.5. The highest BCUT2D eigenvalue weighted by atomic mass is 19.1. The molecule has 0 bridgehead atoms. The van der Waals surface area contributed by atoms with E-state index in [2.05, 4.69) is 10.1 Å². The molecule has 0 aliphatic heterocycles. The Morgan fingerprint density at radius 1 is 1.42 bits per heavy atom. The minimum absolute atomic E-state index is 0.248. The van der Waals surface area contributed by atoms with Crippen LogP contribution in [0.5, 0.6) is 0 Å². The molecule has 0 saturated carbocycles. The normalized spacial score (nSPS) is 14.4. The second kappa shape index (κ2) is 5.09. The molecule has 0 aliphatic carbocycles. The highest BCUT2D eigenvalue weighted by molar-refractivity contribution is 5.55. The van der Waals surface area contributed by atoms with E-state index in [1.54, 1.807) is 19.1 Å². The minimum Gasteiger partial charge on any atom is -0.337 e. The number of halogens is 1. The van der Waals surface area contributed by atoms with Gasteiger partial charge < -0.3 is 10.3 Å². The number of rotatable bonds is 4. The molecule has 5 heteroatoms. The zero-order valence-corrected chi connectivity index (χ0v) is 11.4. The first-order chi connectivity index (χ1) is 8.94. The van der Waals surface area contributed by atoms with Gasteiger partial charge in [0.05, 0.1) is 5.54 Å². The standard InChI is InChI=1S/C14H18FN3O/c1-4-7-14(3,16)13-17-12(18-19-13)10-5-6-11(15)9(2)8-10/h5-6,8H,4,7,16H2,1-3H3. The Morgan fingerprint density at radius 2 is 2.16 bits per heavy atom. The van der Waals surface area contributed by atoms with Gasteiger partial charge in [-0.1, -0.05) is 18.5 Å². The molecular formula is C14H18FN3O. The molecule has 2 N–H and O–H groups in total. The van der Waals surface area contributed by atoms with Crippen molar-refractivity contribution in [2.24, 2.45) is 5.73 Å². The van der Waals surface area contributed by atoms with Crippen LogP contribution in [0, 0.1) is 12.7 Å². The molecule has 1 atom stereocenters. The van der Waals surface area contributed by atoms with Crippen molar-refractivity contribution in [3.8, 4) is 11.4 Å². The van der Waals surface area contributed by atoms with Gasteiger partial charge in [-0.3, -0.25) is 0 Å². The van der Waals surface area contributed by atoms with E-state index in [1.807, 2.05) is 13.8 Å². The van der Waals surface area contributed by atoms with Gasteiger partial charge in [0.1, 0.15) is 5.82 Å².